The first-order chi connectivity index (χ1) is 14.6. The third-order valence-corrected chi connectivity index (χ3v) is 4.48. The number of para-hydroxylation sites is 2. The summed E-state index contributed by atoms with van der Waals surface area (Å²) in [4.78, 5) is 37.0. The van der Waals surface area contributed by atoms with Gasteiger partial charge >= 0.3 is 12.1 Å². The molecule has 164 valence electrons. The molecule has 0 saturated heterocycles. The quantitative estimate of drug-likeness (QED) is 0.728. The molecule has 1 heterocycles. The van der Waals surface area contributed by atoms with Gasteiger partial charge in [-0.05, 0) is 36.8 Å². The second kappa shape index (κ2) is 9.07. The standard InChI is InChI=1S/C21H19F3N2O5/c1-13-5-4-6-14(9-13)30-12-20(29)31-11-19(28)26-16-8-3-2-7-15(16)25-18(27)10-17(26)21(22,23)24/h2-9,17H,10-12H2,1H3,(H,25,27). The van der Waals surface area contributed by atoms with Gasteiger partial charge in [0.15, 0.2) is 13.2 Å². The lowest BCUT2D eigenvalue weighted by atomic mass is 10.1. The Hall–Kier alpha value is -3.56. The summed E-state index contributed by atoms with van der Waals surface area (Å²) in [5.74, 6) is -2.51. The van der Waals surface area contributed by atoms with Gasteiger partial charge in [0.1, 0.15) is 11.8 Å². The molecule has 1 N–H and O–H groups in total. The number of rotatable bonds is 5. The number of ether oxygens (including phenoxy) is 2. The first-order valence-electron chi connectivity index (χ1n) is 9.28. The first-order valence-corrected chi connectivity index (χ1v) is 9.28. The van der Waals surface area contributed by atoms with Gasteiger partial charge in [0.2, 0.25) is 5.91 Å². The average Bonchev–Trinajstić information content (AvgIpc) is 2.86. The predicted octanol–water partition coefficient (Wildman–Crippen LogP) is 3.22. The number of hydrogen-bond acceptors (Lipinski definition) is 5. The van der Waals surface area contributed by atoms with Crippen molar-refractivity contribution in [3.63, 3.8) is 0 Å². The number of halogens is 3. The van der Waals surface area contributed by atoms with Crippen molar-refractivity contribution >= 4 is 29.2 Å². The molecule has 2 aromatic carbocycles. The van der Waals surface area contributed by atoms with Gasteiger partial charge < -0.3 is 14.8 Å². The van der Waals surface area contributed by atoms with E-state index in [1.165, 1.54) is 24.3 Å². The normalized spacial score (nSPS) is 16.1. The fourth-order valence-corrected chi connectivity index (χ4v) is 3.10. The number of carbonyl (C=O) groups is 3. The van der Waals surface area contributed by atoms with Crippen LogP contribution in [0.25, 0.3) is 0 Å². The molecular weight excluding hydrogens is 417 g/mol. The molecule has 1 atom stereocenters. The van der Waals surface area contributed by atoms with Gasteiger partial charge in [-0.2, -0.15) is 13.2 Å². The predicted molar refractivity (Wildman–Crippen MR) is 105 cm³/mol. The maximum Gasteiger partial charge on any atom is 0.409 e. The number of fused-ring (bicyclic) bond motifs is 1. The summed E-state index contributed by atoms with van der Waals surface area (Å²) in [6.07, 6.45) is -5.85. The molecule has 0 aliphatic carbocycles. The minimum atomic E-state index is -4.87. The van der Waals surface area contributed by atoms with Crippen LogP contribution < -0.4 is 15.0 Å². The zero-order chi connectivity index (χ0) is 22.6. The van der Waals surface area contributed by atoms with Crippen LogP contribution in [0.5, 0.6) is 5.75 Å². The lowest BCUT2D eigenvalue weighted by molar-refractivity contribution is -0.160. The van der Waals surface area contributed by atoms with Crippen LogP contribution in [-0.2, 0) is 19.1 Å². The Morgan fingerprint density at radius 3 is 2.58 bits per heavy atom. The monoisotopic (exact) mass is 436 g/mol. The van der Waals surface area contributed by atoms with E-state index in [9.17, 15) is 27.6 Å². The fourth-order valence-electron chi connectivity index (χ4n) is 3.10. The van der Waals surface area contributed by atoms with Crippen molar-refractivity contribution in [2.24, 2.45) is 0 Å². The van der Waals surface area contributed by atoms with Gasteiger partial charge in [-0.25, -0.2) is 4.79 Å². The molecule has 0 fully saturated rings. The molecule has 1 unspecified atom stereocenters. The van der Waals surface area contributed by atoms with Gasteiger partial charge in [-0.3, -0.25) is 14.5 Å². The molecule has 2 amide bonds. The highest BCUT2D eigenvalue weighted by Gasteiger charge is 2.49. The van der Waals surface area contributed by atoms with Crippen LogP contribution in [-0.4, -0.2) is 43.2 Å². The highest BCUT2D eigenvalue weighted by Crippen LogP contribution is 2.37. The molecule has 0 saturated carbocycles. The molecule has 1 aliphatic heterocycles. The Labute approximate surface area is 175 Å². The van der Waals surface area contributed by atoms with E-state index in [2.05, 4.69) is 5.32 Å². The molecule has 0 radical (unpaired) electrons. The number of esters is 1. The number of amides is 2. The lowest BCUT2D eigenvalue weighted by Gasteiger charge is -2.31. The lowest BCUT2D eigenvalue weighted by Crippen LogP contribution is -2.51. The molecule has 0 bridgehead atoms. The number of carbonyl (C=O) groups excluding carboxylic acids is 3. The summed E-state index contributed by atoms with van der Waals surface area (Å²) in [5.41, 5.74) is 0.830. The topological polar surface area (TPSA) is 84.9 Å². The number of nitrogens with zero attached hydrogens (tertiary/aromatic N) is 1. The Morgan fingerprint density at radius 1 is 1.13 bits per heavy atom. The van der Waals surface area contributed by atoms with E-state index in [-0.39, 0.29) is 11.4 Å². The van der Waals surface area contributed by atoms with Gasteiger partial charge in [0, 0.05) is 0 Å². The number of benzene rings is 2. The number of nitrogens with one attached hydrogen (secondary N) is 1. The van der Waals surface area contributed by atoms with Crippen molar-refractivity contribution in [1.82, 2.24) is 0 Å². The summed E-state index contributed by atoms with van der Waals surface area (Å²) in [6.45, 7) is 0.376. The molecule has 3 rings (SSSR count). The van der Waals surface area contributed by atoms with Crippen molar-refractivity contribution in [2.45, 2.75) is 25.6 Å². The molecular formula is C21H19F3N2O5. The summed E-state index contributed by atoms with van der Waals surface area (Å²) >= 11 is 0. The molecule has 31 heavy (non-hydrogen) atoms. The van der Waals surface area contributed by atoms with Gasteiger partial charge in [-0.15, -0.1) is 0 Å². The van der Waals surface area contributed by atoms with Crippen LogP contribution in [0.4, 0.5) is 24.5 Å². The van der Waals surface area contributed by atoms with Gasteiger partial charge in [0.25, 0.3) is 5.91 Å². The van der Waals surface area contributed by atoms with E-state index in [0.717, 1.165) is 5.56 Å². The number of hydrogen-bond donors (Lipinski definition) is 1. The van der Waals surface area contributed by atoms with E-state index >= 15 is 0 Å². The van der Waals surface area contributed by atoms with Crippen molar-refractivity contribution in [3.05, 3.63) is 54.1 Å². The minimum Gasteiger partial charge on any atom is -0.482 e. The maximum atomic E-state index is 13.6. The first kappa shape index (κ1) is 22.1. The Balaban J connectivity index is 1.71. The fraction of sp³-hybridized carbons (Fsp3) is 0.286. The number of alkyl halides is 3. The highest BCUT2D eigenvalue weighted by atomic mass is 19.4. The van der Waals surface area contributed by atoms with E-state index < -0.39 is 49.6 Å². The zero-order valence-corrected chi connectivity index (χ0v) is 16.4. The summed E-state index contributed by atoms with van der Waals surface area (Å²) < 4.78 is 51.0. The van der Waals surface area contributed by atoms with E-state index in [0.29, 0.717) is 10.6 Å². The van der Waals surface area contributed by atoms with Crippen LogP contribution in [0.15, 0.2) is 48.5 Å². The van der Waals surface area contributed by atoms with E-state index in [1.54, 1.807) is 18.2 Å². The molecule has 7 nitrogen and oxygen atoms in total. The SMILES string of the molecule is Cc1cccc(OCC(=O)OCC(=O)N2c3ccccc3NC(=O)CC2C(F)(F)F)c1. The molecule has 0 aromatic heterocycles. The van der Waals surface area contributed by atoms with Crippen molar-refractivity contribution < 1.29 is 37.0 Å². The smallest absolute Gasteiger partial charge is 0.409 e. The van der Waals surface area contributed by atoms with Crippen LogP contribution in [0, 0.1) is 6.92 Å². The molecule has 1 aliphatic rings. The van der Waals surface area contributed by atoms with Crippen LogP contribution in [0.3, 0.4) is 0 Å². The third-order valence-electron chi connectivity index (χ3n) is 4.48. The molecule has 10 heteroatoms. The Morgan fingerprint density at radius 2 is 1.87 bits per heavy atom. The molecule has 2 aromatic rings. The molecule has 0 spiro atoms. The van der Waals surface area contributed by atoms with Crippen molar-refractivity contribution in [2.75, 3.05) is 23.4 Å². The second-order valence-electron chi connectivity index (χ2n) is 6.86. The van der Waals surface area contributed by atoms with Crippen molar-refractivity contribution in [3.8, 4) is 5.75 Å². The van der Waals surface area contributed by atoms with E-state index in [1.807, 2.05) is 13.0 Å². The largest absolute Gasteiger partial charge is 0.482 e. The minimum absolute atomic E-state index is 0.0571. The summed E-state index contributed by atoms with van der Waals surface area (Å²) in [7, 11) is 0. The van der Waals surface area contributed by atoms with Gasteiger partial charge in [0.05, 0.1) is 17.8 Å². The highest BCUT2D eigenvalue weighted by molar-refractivity contribution is 6.05. The third kappa shape index (κ3) is 5.53. The Bertz CT molecular complexity index is 993. The van der Waals surface area contributed by atoms with Crippen LogP contribution in [0.1, 0.15) is 12.0 Å². The summed E-state index contributed by atoms with van der Waals surface area (Å²) in [6, 6.07) is 10.1. The Kier molecular flexibility index (Phi) is 6.47. The van der Waals surface area contributed by atoms with E-state index in [4.69, 9.17) is 9.47 Å². The van der Waals surface area contributed by atoms with Crippen LogP contribution >= 0.6 is 0 Å². The van der Waals surface area contributed by atoms with Crippen molar-refractivity contribution in [1.29, 1.82) is 0 Å². The second-order valence-corrected chi connectivity index (χ2v) is 6.86. The summed E-state index contributed by atoms with van der Waals surface area (Å²) in [5, 5.41) is 2.36. The average molecular weight is 436 g/mol. The number of aryl methyl sites for hydroxylation is 1. The van der Waals surface area contributed by atoms with Crippen LogP contribution in [0.2, 0.25) is 0 Å². The van der Waals surface area contributed by atoms with Gasteiger partial charge in [-0.1, -0.05) is 24.3 Å². The number of anilines is 2. The zero-order valence-electron chi connectivity index (χ0n) is 16.4. The maximum absolute atomic E-state index is 13.6.